The summed E-state index contributed by atoms with van der Waals surface area (Å²) in [4.78, 5) is 10.7. The molecular weight excluding hydrogens is 395 g/mol. The molecule has 1 heterocycles. The van der Waals surface area contributed by atoms with E-state index < -0.39 is 5.24 Å². The van der Waals surface area contributed by atoms with Gasteiger partial charge in [-0.25, -0.2) is 0 Å². The summed E-state index contributed by atoms with van der Waals surface area (Å²) in [6, 6.07) is 7.79. The molecule has 0 radical (unpaired) electrons. The molecule has 2 nitrogen and oxygen atoms in total. The quantitative estimate of drug-likeness (QED) is 0.495. The molecule has 0 saturated heterocycles. The molecule has 98 valence electrons. The van der Waals surface area contributed by atoms with E-state index in [4.69, 9.17) is 16.0 Å². The Hall–Kier alpha value is -0.840. The molecule has 0 fully saturated rings. The van der Waals surface area contributed by atoms with Crippen molar-refractivity contribution in [2.45, 2.75) is 6.92 Å². The van der Waals surface area contributed by atoms with Gasteiger partial charge >= 0.3 is 0 Å². The van der Waals surface area contributed by atoms with Crippen LogP contribution in [0.15, 0.2) is 43.7 Å². The minimum Gasteiger partial charge on any atom is -0.455 e. The van der Waals surface area contributed by atoms with Crippen molar-refractivity contribution >= 4 is 54.8 Å². The molecule has 19 heavy (non-hydrogen) atoms. The summed E-state index contributed by atoms with van der Waals surface area (Å²) in [6.07, 6.45) is 2.78. The second-order valence-corrected chi connectivity index (χ2v) is 6.03. The topological polar surface area (TPSA) is 30.2 Å². The third kappa shape index (κ3) is 3.59. The first-order chi connectivity index (χ1) is 8.97. The van der Waals surface area contributed by atoms with E-state index in [-0.39, 0.29) is 0 Å². The number of aryl methyl sites for hydroxylation is 1. The molecule has 0 unspecified atom stereocenters. The van der Waals surface area contributed by atoms with Crippen LogP contribution in [0.5, 0.6) is 0 Å². The Morgan fingerprint density at radius 1 is 1.26 bits per heavy atom. The SMILES string of the molecule is Cc1ccc(-c2oc(/C=C/C(=O)Cl)cc2Br)c(Br)c1. The number of allylic oxidation sites excluding steroid dienone is 1. The van der Waals surface area contributed by atoms with Crippen LogP contribution in [0.25, 0.3) is 17.4 Å². The van der Waals surface area contributed by atoms with E-state index in [1.807, 2.05) is 25.1 Å². The Morgan fingerprint density at radius 2 is 2.00 bits per heavy atom. The van der Waals surface area contributed by atoms with E-state index >= 15 is 0 Å². The van der Waals surface area contributed by atoms with E-state index in [9.17, 15) is 4.79 Å². The molecule has 0 spiro atoms. The summed E-state index contributed by atoms with van der Waals surface area (Å²) in [5.74, 6) is 1.26. The summed E-state index contributed by atoms with van der Waals surface area (Å²) in [7, 11) is 0. The number of hydrogen-bond acceptors (Lipinski definition) is 2. The van der Waals surface area contributed by atoms with Crippen LogP contribution in [-0.2, 0) is 4.79 Å². The van der Waals surface area contributed by atoms with Crippen molar-refractivity contribution in [3.8, 4) is 11.3 Å². The lowest BCUT2D eigenvalue weighted by Crippen LogP contribution is -1.80. The fourth-order valence-corrected chi connectivity index (χ4v) is 2.86. The molecule has 0 saturated carbocycles. The van der Waals surface area contributed by atoms with Crippen molar-refractivity contribution < 1.29 is 9.21 Å². The first-order valence-electron chi connectivity index (χ1n) is 5.41. The highest BCUT2D eigenvalue weighted by atomic mass is 79.9. The van der Waals surface area contributed by atoms with Crippen LogP contribution in [0.1, 0.15) is 11.3 Å². The number of carbonyl (C=O) groups is 1. The van der Waals surface area contributed by atoms with Crippen molar-refractivity contribution in [3.05, 3.63) is 50.6 Å². The van der Waals surface area contributed by atoms with Gasteiger partial charge in [0, 0.05) is 16.1 Å². The molecule has 0 aliphatic heterocycles. The maximum atomic E-state index is 10.7. The second-order valence-electron chi connectivity index (χ2n) is 3.95. The summed E-state index contributed by atoms with van der Waals surface area (Å²) in [6.45, 7) is 2.02. The van der Waals surface area contributed by atoms with E-state index in [0.29, 0.717) is 11.5 Å². The predicted octanol–water partition coefficient (Wildman–Crippen LogP) is 5.56. The van der Waals surface area contributed by atoms with Crippen molar-refractivity contribution in [2.24, 2.45) is 0 Å². The Morgan fingerprint density at radius 3 is 2.63 bits per heavy atom. The van der Waals surface area contributed by atoms with Gasteiger partial charge in [-0.1, -0.05) is 22.0 Å². The Labute approximate surface area is 132 Å². The van der Waals surface area contributed by atoms with Gasteiger partial charge in [0.25, 0.3) is 0 Å². The van der Waals surface area contributed by atoms with Gasteiger partial charge in [0.15, 0.2) is 0 Å². The maximum Gasteiger partial charge on any atom is 0.245 e. The average Bonchev–Trinajstić information content (AvgIpc) is 2.68. The highest BCUT2D eigenvalue weighted by Gasteiger charge is 2.13. The van der Waals surface area contributed by atoms with Gasteiger partial charge in [0.05, 0.1) is 4.47 Å². The maximum absolute atomic E-state index is 10.7. The molecule has 2 aromatic rings. The first-order valence-corrected chi connectivity index (χ1v) is 7.37. The number of halogens is 3. The van der Waals surface area contributed by atoms with E-state index in [0.717, 1.165) is 20.1 Å². The van der Waals surface area contributed by atoms with Crippen LogP contribution < -0.4 is 0 Å². The predicted molar refractivity (Wildman–Crippen MR) is 84.2 cm³/mol. The zero-order valence-corrected chi connectivity index (χ0v) is 13.8. The standard InChI is InChI=1S/C14H9Br2ClO2/c1-8-2-4-10(11(15)6-8)14-12(16)7-9(19-14)3-5-13(17)18/h2-7H,1H3/b5-3+. The average molecular weight is 404 g/mol. The van der Waals surface area contributed by atoms with Crippen molar-refractivity contribution in [3.63, 3.8) is 0 Å². The zero-order chi connectivity index (χ0) is 14.0. The van der Waals surface area contributed by atoms with Crippen molar-refractivity contribution in [1.82, 2.24) is 0 Å². The van der Waals surface area contributed by atoms with Gasteiger partial charge in [0.2, 0.25) is 5.24 Å². The van der Waals surface area contributed by atoms with Crippen LogP contribution >= 0.6 is 43.5 Å². The molecule has 0 amide bonds. The highest BCUT2D eigenvalue weighted by molar-refractivity contribution is 9.11. The Balaban J connectivity index is 2.43. The number of benzene rings is 1. The van der Waals surface area contributed by atoms with Gasteiger partial charge in [-0.05, 0) is 64.3 Å². The first kappa shape index (κ1) is 14.6. The molecule has 2 rings (SSSR count). The number of hydrogen-bond donors (Lipinski definition) is 0. The van der Waals surface area contributed by atoms with Gasteiger partial charge in [-0.2, -0.15) is 0 Å². The number of carbonyl (C=O) groups excluding carboxylic acids is 1. The normalized spacial score (nSPS) is 11.2. The van der Waals surface area contributed by atoms with Gasteiger partial charge in [0.1, 0.15) is 11.5 Å². The van der Waals surface area contributed by atoms with Crippen molar-refractivity contribution in [1.29, 1.82) is 0 Å². The van der Waals surface area contributed by atoms with E-state index in [1.54, 1.807) is 6.07 Å². The molecule has 0 aliphatic rings. The fraction of sp³-hybridized carbons (Fsp3) is 0.0714. The molecule has 1 aromatic heterocycles. The van der Waals surface area contributed by atoms with Gasteiger partial charge in [-0.3, -0.25) is 4.79 Å². The van der Waals surface area contributed by atoms with Crippen LogP contribution in [-0.4, -0.2) is 5.24 Å². The van der Waals surface area contributed by atoms with E-state index in [1.165, 1.54) is 12.2 Å². The highest BCUT2D eigenvalue weighted by Crippen LogP contribution is 2.36. The molecule has 0 bridgehead atoms. The molecule has 5 heteroatoms. The fourth-order valence-electron chi connectivity index (χ4n) is 1.60. The molecule has 0 N–H and O–H groups in total. The largest absolute Gasteiger partial charge is 0.455 e. The Bertz CT molecular complexity index is 659. The monoisotopic (exact) mass is 402 g/mol. The molecule has 0 aliphatic carbocycles. The van der Waals surface area contributed by atoms with Gasteiger partial charge < -0.3 is 4.42 Å². The zero-order valence-electron chi connectivity index (χ0n) is 9.91. The smallest absolute Gasteiger partial charge is 0.245 e. The summed E-state index contributed by atoms with van der Waals surface area (Å²) in [5.41, 5.74) is 2.10. The third-order valence-electron chi connectivity index (χ3n) is 2.45. The minimum atomic E-state index is -0.536. The lowest BCUT2D eigenvalue weighted by atomic mass is 10.1. The van der Waals surface area contributed by atoms with Crippen molar-refractivity contribution in [2.75, 3.05) is 0 Å². The molecular formula is C14H9Br2ClO2. The van der Waals surface area contributed by atoms with Crippen LogP contribution in [0.4, 0.5) is 0 Å². The lowest BCUT2D eigenvalue weighted by molar-refractivity contribution is -0.107. The minimum absolute atomic E-state index is 0.536. The summed E-state index contributed by atoms with van der Waals surface area (Å²) < 4.78 is 7.47. The lowest BCUT2D eigenvalue weighted by Gasteiger charge is -2.03. The Kier molecular flexibility index (Phi) is 4.66. The number of furan rings is 1. The van der Waals surface area contributed by atoms with Crippen LogP contribution in [0.2, 0.25) is 0 Å². The summed E-state index contributed by atoms with van der Waals surface area (Å²) in [5, 5.41) is -0.536. The second kappa shape index (κ2) is 6.07. The van der Waals surface area contributed by atoms with E-state index in [2.05, 4.69) is 31.9 Å². The molecule has 1 aromatic carbocycles. The van der Waals surface area contributed by atoms with Crippen LogP contribution in [0, 0.1) is 6.92 Å². The third-order valence-corrected chi connectivity index (χ3v) is 3.82. The number of rotatable bonds is 3. The van der Waals surface area contributed by atoms with Gasteiger partial charge in [-0.15, -0.1) is 0 Å². The molecule has 0 atom stereocenters. The van der Waals surface area contributed by atoms with Crippen LogP contribution in [0.3, 0.4) is 0 Å². The summed E-state index contributed by atoms with van der Waals surface area (Å²) >= 11 is 12.2.